The first-order valence-electron chi connectivity index (χ1n) is 8.70. The summed E-state index contributed by atoms with van der Waals surface area (Å²) < 4.78 is 0. The fraction of sp³-hybridized carbons (Fsp3) is 0.238. The van der Waals surface area contributed by atoms with Crippen molar-refractivity contribution in [1.29, 1.82) is 0 Å². The van der Waals surface area contributed by atoms with Crippen LogP contribution < -0.4 is 0 Å². The second-order valence-electron chi connectivity index (χ2n) is 6.84. The molecule has 0 radical (unpaired) electrons. The second kappa shape index (κ2) is 8.19. The Hall–Kier alpha value is -2.59. The number of carbonyl (C=O) groups excluding carboxylic acids is 3. The minimum Gasteiger partial charge on any atom is -0.357 e. The van der Waals surface area contributed by atoms with E-state index in [9.17, 15) is 4.79 Å². The van der Waals surface area contributed by atoms with Crippen molar-refractivity contribution >= 4 is 46.2 Å². The summed E-state index contributed by atoms with van der Waals surface area (Å²) in [7, 11) is 0. The molecule has 2 aromatic carbocycles. The summed E-state index contributed by atoms with van der Waals surface area (Å²) >= 11 is 12.3. The Morgan fingerprint density at radius 2 is 1.89 bits per heavy atom. The zero-order valence-corrected chi connectivity index (χ0v) is 16.9. The summed E-state index contributed by atoms with van der Waals surface area (Å²) in [5.41, 5.74) is 5.02. The van der Waals surface area contributed by atoms with E-state index >= 15 is 0 Å². The predicted octanol–water partition coefficient (Wildman–Crippen LogP) is 4.96. The van der Waals surface area contributed by atoms with E-state index in [0.29, 0.717) is 23.7 Å². The molecule has 1 aliphatic heterocycles. The molecule has 0 saturated carbocycles. The lowest BCUT2D eigenvalue weighted by Gasteiger charge is -2.31. The van der Waals surface area contributed by atoms with Crippen LogP contribution in [-0.4, -0.2) is 28.5 Å². The molecular weight excluding hydrogens is 399 g/mol. The Bertz CT molecular complexity index is 1080. The van der Waals surface area contributed by atoms with Crippen LogP contribution >= 0.6 is 23.2 Å². The highest BCUT2D eigenvalue weighted by molar-refractivity contribution is 6.32. The van der Waals surface area contributed by atoms with E-state index in [1.807, 2.05) is 42.2 Å². The molecule has 1 unspecified atom stereocenters. The smallest absolute Gasteiger partial charge is 0.357 e. The lowest BCUT2D eigenvalue weighted by atomic mass is 9.93. The lowest BCUT2D eigenvalue weighted by molar-refractivity contribution is -0.191. The van der Waals surface area contributed by atoms with Crippen LogP contribution in [-0.2, 0) is 16.1 Å². The number of aromatic amines is 1. The number of aromatic nitrogens is 1. The number of amides is 1. The maximum atomic E-state index is 12.9. The number of hydrogen-bond donors (Lipinski definition) is 1. The molecule has 0 spiro atoms. The molecule has 1 aromatic heterocycles. The Balaban J connectivity index is 0.000000706. The SMILES string of the molecule is Cc1ccc(C(=O)N2Cc3[nH]c4ccc(Cl)cc4c3C(C)C2)cc1Cl.O=C=O. The normalized spacial score (nSPS) is 15.4. The molecule has 0 aliphatic carbocycles. The zero-order chi connectivity index (χ0) is 20.4. The summed E-state index contributed by atoms with van der Waals surface area (Å²) in [4.78, 5) is 34.5. The van der Waals surface area contributed by atoms with Crippen molar-refractivity contribution in [1.82, 2.24) is 9.88 Å². The zero-order valence-electron chi connectivity index (χ0n) is 15.4. The maximum absolute atomic E-state index is 12.9. The van der Waals surface area contributed by atoms with Gasteiger partial charge in [-0.05, 0) is 48.4 Å². The molecule has 0 saturated heterocycles. The van der Waals surface area contributed by atoms with Crippen molar-refractivity contribution in [3.63, 3.8) is 0 Å². The monoisotopic (exact) mass is 416 g/mol. The number of benzene rings is 2. The van der Waals surface area contributed by atoms with Crippen LogP contribution in [0.4, 0.5) is 0 Å². The number of aryl methyl sites for hydroxylation is 1. The van der Waals surface area contributed by atoms with Crippen LogP contribution in [0.15, 0.2) is 36.4 Å². The molecule has 3 aromatic rings. The van der Waals surface area contributed by atoms with E-state index in [1.54, 1.807) is 6.07 Å². The molecule has 4 rings (SSSR count). The highest BCUT2D eigenvalue weighted by Gasteiger charge is 2.29. The molecule has 2 heterocycles. The van der Waals surface area contributed by atoms with Crippen LogP contribution in [0.1, 0.15) is 40.0 Å². The van der Waals surface area contributed by atoms with Gasteiger partial charge in [0.25, 0.3) is 5.91 Å². The molecule has 1 atom stereocenters. The number of rotatable bonds is 1. The Morgan fingerprint density at radius 3 is 2.57 bits per heavy atom. The number of H-pyrrole nitrogens is 1. The minimum absolute atomic E-state index is 0.0103. The topological polar surface area (TPSA) is 70.2 Å². The van der Waals surface area contributed by atoms with Crippen LogP contribution in [0, 0.1) is 6.92 Å². The van der Waals surface area contributed by atoms with E-state index < -0.39 is 0 Å². The molecule has 7 heteroatoms. The van der Waals surface area contributed by atoms with E-state index in [0.717, 1.165) is 27.2 Å². The summed E-state index contributed by atoms with van der Waals surface area (Å²) in [5.74, 6) is 0.247. The van der Waals surface area contributed by atoms with Gasteiger partial charge in [-0.2, -0.15) is 9.59 Å². The van der Waals surface area contributed by atoms with Crippen molar-refractivity contribution in [3.05, 3.63) is 68.8 Å². The van der Waals surface area contributed by atoms with Crippen LogP contribution in [0.3, 0.4) is 0 Å². The first kappa shape index (κ1) is 20.2. The first-order chi connectivity index (χ1) is 13.3. The maximum Gasteiger partial charge on any atom is 0.373 e. The van der Waals surface area contributed by atoms with Gasteiger partial charge in [0.15, 0.2) is 0 Å². The third kappa shape index (κ3) is 3.83. The number of carbonyl (C=O) groups is 1. The molecule has 0 fully saturated rings. The van der Waals surface area contributed by atoms with E-state index in [4.69, 9.17) is 32.8 Å². The summed E-state index contributed by atoms with van der Waals surface area (Å²) in [6.07, 6.45) is 0.250. The summed E-state index contributed by atoms with van der Waals surface area (Å²) in [6, 6.07) is 11.4. The standard InChI is InChI=1S/C20H18Cl2N2O.CO2/c1-11-3-4-13(7-16(11)22)20(25)24-9-12(2)19-15-8-14(21)5-6-17(15)23-18(19)10-24;2-1-3/h3-8,12,23H,9-10H2,1-2H3;. The van der Waals surface area contributed by atoms with Crippen molar-refractivity contribution in [2.24, 2.45) is 0 Å². The number of halogens is 2. The van der Waals surface area contributed by atoms with Gasteiger partial charge in [0.2, 0.25) is 0 Å². The highest BCUT2D eigenvalue weighted by Crippen LogP contribution is 2.36. The fourth-order valence-corrected chi connectivity index (χ4v) is 4.02. The average Bonchev–Trinajstić information content (AvgIpc) is 3.02. The van der Waals surface area contributed by atoms with Crippen molar-refractivity contribution in [3.8, 4) is 0 Å². The molecule has 1 N–H and O–H groups in total. The Morgan fingerprint density at radius 1 is 1.18 bits per heavy atom. The third-order valence-electron chi connectivity index (χ3n) is 4.92. The van der Waals surface area contributed by atoms with Crippen molar-refractivity contribution in [2.45, 2.75) is 26.3 Å². The van der Waals surface area contributed by atoms with Crippen LogP contribution in [0.2, 0.25) is 10.0 Å². The largest absolute Gasteiger partial charge is 0.373 e. The van der Waals surface area contributed by atoms with Crippen LogP contribution in [0.25, 0.3) is 10.9 Å². The van der Waals surface area contributed by atoms with Crippen LogP contribution in [0.5, 0.6) is 0 Å². The number of nitrogens with zero attached hydrogens (tertiary/aromatic N) is 1. The number of nitrogens with one attached hydrogen (secondary N) is 1. The molecular formula is C21H18Cl2N2O3. The van der Waals surface area contributed by atoms with E-state index in [1.165, 1.54) is 5.56 Å². The quantitative estimate of drug-likeness (QED) is 0.609. The first-order valence-corrected chi connectivity index (χ1v) is 9.46. The molecule has 144 valence electrons. The van der Waals surface area contributed by atoms with E-state index in [2.05, 4.69) is 11.9 Å². The van der Waals surface area contributed by atoms with Gasteiger partial charge >= 0.3 is 6.15 Å². The van der Waals surface area contributed by atoms with Crippen molar-refractivity contribution < 1.29 is 14.4 Å². The van der Waals surface area contributed by atoms with Gasteiger partial charge in [0.05, 0.1) is 6.54 Å². The molecule has 0 bridgehead atoms. The van der Waals surface area contributed by atoms with Gasteiger partial charge in [-0.1, -0.05) is 36.2 Å². The van der Waals surface area contributed by atoms with Gasteiger partial charge in [0, 0.05) is 44.7 Å². The second-order valence-corrected chi connectivity index (χ2v) is 7.68. The fourth-order valence-electron chi connectivity index (χ4n) is 3.67. The van der Waals surface area contributed by atoms with Gasteiger partial charge in [-0.3, -0.25) is 4.79 Å². The van der Waals surface area contributed by atoms with Crippen molar-refractivity contribution in [2.75, 3.05) is 6.54 Å². The van der Waals surface area contributed by atoms with Gasteiger partial charge in [-0.15, -0.1) is 0 Å². The Labute approximate surface area is 172 Å². The number of hydrogen-bond acceptors (Lipinski definition) is 3. The molecule has 28 heavy (non-hydrogen) atoms. The molecule has 1 aliphatic rings. The highest BCUT2D eigenvalue weighted by atomic mass is 35.5. The Kier molecular flexibility index (Phi) is 5.90. The summed E-state index contributed by atoms with van der Waals surface area (Å²) in [6.45, 7) is 5.32. The number of fused-ring (bicyclic) bond motifs is 3. The third-order valence-corrected chi connectivity index (χ3v) is 5.57. The van der Waals surface area contributed by atoms with Gasteiger partial charge in [0.1, 0.15) is 0 Å². The van der Waals surface area contributed by atoms with Gasteiger partial charge in [-0.25, -0.2) is 0 Å². The minimum atomic E-state index is 0.0103. The molecule has 1 amide bonds. The molecule has 5 nitrogen and oxygen atoms in total. The van der Waals surface area contributed by atoms with E-state index in [-0.39, 0.29) is 18.0 Å². The average molecular weight is 417 g/mol. The van der Waals surface area contributed by atoms with Gasteiger partial charge < -0.3 is 9.88 Å². The lowest BCUT2D eigenvalue weighted by Crippen LogP contribution is -2.37. The predicted molar refractivity (Wildman–Crippen MR) is 108 cm³/mol. The summed E-state index contributed by atoms with van der Waals surface area (Å²) in [5, 5.41) is 2.51.